The van der Waals surface area contributed by atoms with Crippen LogP contribution in [0.2, 0.25) is 0 Å². The first-order chi connectivity index (χ1) is 12.4. The van der Waals surface area contributed by atoms with Gasteiger partial charge in [0.05, 0.1) is 22.9 Å². The lowest BCUT2D eigenvalue weighted by molar-refractivity contribution is -0.133. The first kappa shape index (κ1) is 19.1. The van der Waals surface area contributed by atoms with E-state index in [0.717, 1.165) is 4.88 Å². The van der Waals surface area contributed by atoms with Crippen LogP contribution in [0, 0.1) is 0 Å². The van der Waals surface area contributed by atoms with Gasteiger partial charge in [0, 0.05) is 23.9 Å². The first-order valence-corrected chi connectivity index (χ1v) is 11.9. The fourth-order valence-corrected chi connectivity index (χ4v) is 6.01. The summed E-state index contributed by atoms with van der Waals surface area (Å²) < 4.78 is 23.6. The summed E-state index contributed by atoms with van der Waals surface area (Å²) in [6.45, 7) is 0.644. The molecular weight excluding hydrogens is 392 g/mol. The van der Waals surface area contributed by atoms with E-state index in [1.807, 2.05) is 22.9 Å². The van der Waals surface area contributed by atoms with Gasteiger partial charge in [-0.3, -0.25) is 9.59 Å². The molecule has 0 saturated carbocycles. The van der Waals surface area contributed by atoms with E-state index in [4.69, 9.17) is 0 Å². The molecule has 1 aliphatic heterocycles. The second-order valence-corrected chi connectivity index (χ2v) is 10.3. The zero-order valence-corrected chi connectivity index (χ0v) is 16.5. The van der Waals surface area contributed by atoms with Gasteiger partial charge in [0.25, 0.3) is 5.91 Å². The van der Waals surface area contributed by atoms with Crippen LogP contribution in [0.4, 0.5) is 0 Å². The van der Waals surface area contributed by atoms with Crippen LogP contribution in [0.3, 0.4) is 0 Å². The van der Waals surface area contributed by atoms with Crippen molar-refractivity contribution in [2.75, 3.05) is 18.1 Å². The van der Waals surface area contributed by atoms with Crippen molar-refractivity contribution in [1.29, 1.82) is 0 Å². The highest BCUT2D eigenvalue weighted by Gasteiger charge is 2.34. The predicted molar refractivity (Wildman–Crippen MR) is 103 cm³/mol. The van der Waals surface area contributed by atoms with Gasteiger partial charge in [0.15, 0.2) is 9.84 Å². The maximum Gasteiger partial charge on any atom is 0.261 e. The van der Waals surface area contributed by atoms with Crippen LogP contribution >= 0.6 is 22.7 Å². The SMILES string of the molecule is O=C(NCCC(=O)N(Cc1cccs1)[C@H]1CCS(=O)(=O)C1)c1cccs1. The highest BCUT2D eigenvalue weighted by Crippen LogP contribution is 2.22. The average molecular weight is 413 g/mol. The number of carbonyl (C=O) groups excluding carboxylic acids is 2. The summed E-state index contributed by atoms with van der Waals surface area (Å²) >= 11 is 2.89. The van der Waals surface area contributed by atoms with E-state index in [0.29, 0.717) is 17.8 Å². The molecule has 6 nitrogen and oxygen atoms in total. The number of nitrogens with zero attached hydrogens (tertiary/aromatic N) is 1. The topological polar surface area (TPSA) is 83.6 Å². The van der Waals surface area contributed by atoms with Gasteiger partial charge < -0.3 is 10.2 Å². The molecule has 2 aromatic heterocycles. The van der Waals surface area contributed by atoms with Crippen LogP contribution in [0.15, 0.2) is 35.0 Å². The van der Waals surface area contributed by atoms with E-state index in [1.54, 1.807) is 28.4 Å². The number of thiophene rings is 2. The standard InChI is InChI=1S/C17H20N2O4S3/c20-16(5-7-18-17(21)15-4-2-9-25-15)19(11-14-3-1-8-24-14)13-6-10-26(22,23)12-13/h1-4,8-9,13H,5-7,10-12H2,(H,18,21)/t13-/m0/s1. The van der Waals surface area contributed by atoms with Gasteiger partial charge in [-0.25, -0.2) is 8.42 Å². The Hall–Kier alpha value is -1.71. The lowest BCUT2D eigenvalue weighted by atomic mass is 10.2. The lowest BCUT2D eigenvalue weighted by Crippen LogP contribution is -2.41. The summed E-state index contributed by atoms with van der Waals surface area (Å²) in [5.74, 6) is -0.180. The van der Waals surface area contributed by atoms with Crippen LogP contribution in [-0.2, 0) is 21.2 Å². The normalized spacial score (nSPS) is 18.5. The minimum absolute atomic E-state index is 0.0195. The van der Waals surface area contributed by atoms with Gasteiger partial charge in [0.2, 0.25) is 5.91 Å². The lowest BCUT2D eigenvalue weighted by Gasteiger charge is -2.28. The van der Waals surface area contributed by atoms with Crippen molar-refractivity contribution in [3.8, 4) is 0 Å². The number of hydrogen-bond donors (Lipinski definition) is 1. The Balaban J connectivity index is 1.60. The van der Waals surface area contributed by atoms with Crippen molar-refractivity contribution < 1.29 is 18.0 Å². The molecular formula is C17H20N2O4S3. The summed E-state index contributed by atoms with van der Waals surface area (Å²) in [7, 11) is -3.08. The molecule has 0 aliphatic carbocycles. The molecule has 2 amide bonds. The number of nitrogens with one attached hydrogen (secondary N) is 1. The molecule has 0 spiro atoms. The van der Waals surface area contributed by atoms with Gasteiger partial charge in [-0.05, 0) is 29.3 Å². The third-order valence-electron chi connectivity index (χ3n) is 4.25. The molecule has 140 valence electrons. The maximum atomic E-state index is 12.7. The molecule has 9 heteroatoms. The Morgan fingerprint density at radius 1 is 1.19 bits per heavy atom. The van der Waals surface area contributed by atoms with E-state index >= 15 is 0 Å². The largest absolute Gasteiger partial charge is 0.351 e. The zero-order chi connectivity index (χ0) is 18.6. The minimum Gasteiger partial charge on any atom is -0.351 e. The molecule has 3 heterocycles. The van der Waals surface area contributed by atoms with E-state index in [9.17, 15) is 18.0 Å². The summed E-state index contributed by atoms with van der Waals surface area (Å²) in [5.41, 5.74) is 0. The van der Waals surface area contributed by atoms with Crippen LogP contribution < -0.4 is 5.32 Å². The van der Waals surface area contributed by atoms with E-state index in [-0.39, 0.29) is 42.3 Å². The summed E-state index contributed by atoms with van der Waals surface area (Å²) in [4.78, 5) is 28.0. The number of amides is 2. The van der Waals surface area contributed by atoms with Crippen LogP contribution in [0.1, 0.15) is 27.4 Å². The Kier molecular flexibility index (Phi) is 6.10. The fourth-order valence-electron chi connectivity index (χ4n) is 2.93. The van der Waals surface area contributed by atoms with Gasteiger partial charge in [0.1, 0.15) is 0 Å². The molecule has 0 bridgehead atoms. The number of hydrogen-bond acceptors (Lipinski definition) is 6. The highest BCUT2D eigenvalue weighted by atomic mass is 32.2. The van der Waals surface area contributed by atoms with Gasteiger partial charge in [-0.2, -0.15) is 0 Å². The molecule has 0 unspecified atom stereocenters. The summed E-state index contributed by atoms with van der Waals surface area (Å²) in [6, 6.07) is 7.09. The molecule has 3 rings (SSSR count). The maximum absolute atomic E-state index is 12.7. The van der Waals surface area contributed by atoms with Crippen molar-refractivity contribution >= 4 is 44.3 Å². The molecule has 1 atom stereocenters. The Morgan fingerprint density at radius 3 is 2.58 bits per heavy atom. The monoisotopic (exact) mass is 412 g/mol. The highest BCUT2D eigenvalue weighted by molar-refractivity contribution is 7.91. The van der Waals surface area contributed by atoms with Gasteiger partial charge in [-0.1, -0.05) is 12.1 Å². The molecule has 1 fully saturated rings. The van der Waals surface area contributed by atoms with Gasteiger partial charge in [-0.15, -0.1) is 22.7 Å². The van der Waals surface area contributed by atoms with E-state index in [1.165, 1.54) is 11.3 Å². The molecule has 0 radical (unpaired) electrons. The van der Waals surface area contributed by atoms with Crippen molar-refractivity contribution in [1.82, 2.24) is 10.2 Å². The van der Waals surface area contributed by atoms with Crippen LogP contribution in [0.5, 0.6) is 0 Å². The van der Waals surface area contributed by atoms with Gasteiger partial charge >= 0.3 is 0 Å². The number of rotatable bonds is 7. The quantitative estimate of drug-likeness (QED) is 0.755. The van der Waals surface area contributed by atoms with Crippen LogP contribution in [0.25, 0.3) is 0 Å². The van der Waals surface area contributed by atoms with E-state index in [2.05, 4.69) is 5.32 Å². The smallest absolute Gasteiger partial charge is 0.261 e. The molecule has 0 aromatic carbocycles. The predicted octanol–water partition coefficient (Wildman–Crippen LogP) is 2.15. The summed E-state index contributed by atoms with van der Waals surface area (Å²) in [5, 5.41) is 6.50. The van der Waals surface area contributed by atoms with Crippen LogP contribution in [-0.4, -0.2) is 49.2 Å². The Bertz CT molecular complexity index is 845. The fraction of sp³-hybridized carbons (Fsp3) is 0.412. The zero-order valence-electron chi connectivity index (χ0n) is 14.1. The average Bonchev–Trinajstić information content (AvgIpc) is 3.34. The third-order valence-corrected chi connectivity index (χ3v) is 7.73. The molecule has 1 aliphatic rings. The van der Waals surface area contributed by atoms with Crippen molar-refractivity contribution in [2.45, 2.75) is 25.4 Å². The second-order valence-electron chi connectivity index (χ2n) is 6.14. The third kappa shape index (κ3) is 4.93. The van der Waals surface area contributed by atoms with E-state index < -0.39 is 9.84 Å². The summed E-state index contributed by atoms with van der Waals surface area (Å²) in [6.07, 6.45) is 0.625. The molecule has 2 aromatic rings. The molecule has 1 N–H and O–H groups in total. The second kappa shape index (κ2) is 8.32. The van der Waals surface area contributed by atoms with Crippen molar-refractivity contribution in [3.63, 3.8) is 0 Å². The van der Waals surface area contributed by atoms with Crippen molar-refractivity contribution in [2.24, 2.45) is 0 Å². The first-order valence-electron chi connectivity index (χ1n) is 8.28. The molecule has 1 saturated heterocycles. The van der Waals surface area contributed by atoms with Crippen molar-refractivity contribution in [3.05, 3.63) is 44.8 Å². The number of sulfone groups is 1. The molecule has 26 heavy (non-hydrogen) atoms. The minimum atomic E-state index is -3.08. The Morgan fingerprint density at radius 2 is 1.96 bits per heavy atom. The Labute approximate surface area is 160 Å². The number of carbonyl (C=O) groups is 2.